The summed E-state index contributed by atoms with van der Waals surface area (Å²) in [7, 11) is -1.92. The Labute approximate surface area is 188 Å². The molecule has 0 atom stereocenters. The zero-order valence-corrected chi connectivity index (χ0v) is 21.5. The van der Waals surface area contributed by atoms with E-state index in [0.29, 0.717) is 13.2 Å². The van der Waals surface area contributed by atoms with Crippen LogP contribution >= 0.6 is 0 Å². The Morgan fingerprint density at radius 1 is 0.968 bits per heavy atom. The molecule has 0 bridgehead atoms. The predicted molar refractivity (Wildman–Crippen MR) is 133 cm³/mol. The van der Waals surface area contributed by atoms with Crippen molar-refractivity contribution in [1.29, 1.82) is 0 Å². The summed E-state index contributed by atoms with van der Waals surface area (Å²) in [5, 5.41) is 2.62. The number of imidazole rings is 1. The second-order valence-electron chi connectivity index (χ2n) is 10.4. The topological polar surface area (TPSA) is 36.3 Å². The van der Waals surface area contributed by atoms with Crippen LogP contribution in [0.25, 0.3) is 22.0 Å². The Balaban J connectivity index is 2.05. The monoisotopic (exact) mass is 438 g/mol. The van der Waals surface area contributed by atoms with Crippen molar-refractivity contribution < 1.29 is 9.16 Å². The highest BCUT2D eigenvalue weighted by atomic mass is 28.4. The van der Waals surface area contributed by atoms with Gasteiger partial charge in [0.15, 0.2) is 8.32 Å². The second kappa shape index (κ2) is 8.89. The van der Waals surface area contributed by atoms with Crippen LogP contribution in [0.15, 0.2) is 48.7 Å². The molecule has 3 aromatic rings. The van der Waals surface area contributed by atoms with E-state index in [0.717, 1.165) is 18.1 Å². The fraction of sp³-hybridized carbons (Fsp3) is 0.500. The first-order valence-corrected chi connectivity index (χ1v) is 14.2. The van der Waals surface area contributed by atoms with Crippen LogP contribution in [0.4, 0.5) is 0 Å². The van der Waals surface area contributed by atoms with Gasteiger partial charge in [-0.2, -0.15) is 0 Å². The van der Waals surface area contributed by atoms with Gasteiger partial charge < -0.3 is 13.7 Å². The Hall–Kier alpha value is -1.95. The highest BCUT2D eigenvalue weighted by molar-refractivity contribution is 6.74. The lowest BCUT2D eigenvalue weighted by atomic mass is 10.0. The van der Waals surface area contributed by atoms with Gasteiger partial charge in [0.2, 0.25) is 0 Å². The lowest BCUT2D eigenvalue weighted by Crippen LogP contribution is -2.49. The van der Waals surface area contributed by atoms with Gasteiger partial charge in [-0.3, -0.25) is 0 Å². The van der Waals surface area contributed by atoms with E-state index in [2.05, 4.69) is 94.7 Å². The van der Waals surface area contributed by atoms with Crippen LogP contribution < -0.4 is 0 Å². The van der Waals surface area contributed by atoms with Crippen LogP contribution in [0.5, 0.6) is 0 Å². The van der Waals surface area contributed by atoms with Crippen LogP contribution in [0.2, 0.25) is 18.1 Å². The number of rotatable bonds is 8. The first kappa shape index (κ1) is 23.7. The summed E-state index contributed by atoms with van der Waals surface area (Å²) in [6, 6.07) is 15.0. The lowest BCUT2D eigenvalue weighted by molar-refractivity contribution is 0.0681. The third kappa shape index (κ3) is 5.28. The van der Waals surface area contributed by atoms with Crippen LogP contribution in [-0.2, 0) is 22.3 Å². The lowest BCUT2D eigenvalue weighted by Gasteiger charge is -2.43. The number of ether oxygens (including phenoxy) is 1. The maximum Gasteiger partial charge on any atom is 0.192 e. The molecule has 0 amide bonds. The highest BCUT2D eigenvalue weighted by Crippen LogP contribution is 2.40. The molecule has 0 aliphatic rings. The van der Waals surface area contributed by atoms with Crippen molar-refractivity contribution in [2.24, 2.45) is 0 Å². The number of hydrogen-bond acceptors (Lipinski definition) is 3. The average Bonchev–Trinajstić information content (AvgIpc) is 3.05. The largest absolute Gasteiger partial charge is 0.410 e. The van der Waals surface area contributed by atoms with Gasteiger partial charge in [-0.1, -0.05) is 63.2 Å². The van der Waals surface area contributed by atoms with Crippen molar-refractivity contribution in [3.63, 3.8) is 0 Å². The van der Waals surface area contributed by atoms with Crippen LogP contribution in [0.3, 0.4) is 0 Å². The average molecular weight is 439 g/mol. The molecule has 0 N–H and O–H groups in total. The molecule has 0 saturated carbocycles. The highest BCUT2D eigenvalue weighted by Gasteiger charge is 2.41. The molecule has 4 nitrogen and oxygen atoms in total. The zero-order valence-electron chi connectivity index (χ0n) is 20.5. The fourth-order valence-electron chi connectivity index (χ4n) is 3.82. The first-order chi connectivity index (χ1) is 14.5. The van der Waals surface area contributed by atoms with E-state index in [4.69, 9.17) is 14.1 Å². The van der Waals surface area contributed by atoms with Gasteiger partial charge in [0.05, 0.1) is 24.0 Å². The van der Waals surface area contributed by atoms with Gasteiger partial charge in [0.1, 0.15) is 12.4 Å². The molecule has 0 saturated heterocycles. The minimum Gasteiger partial charge on any atom is -0.410 e. The Kier molecular flexibility index (Phi) is 6.80. The summed E-state index contributed by atoms with van der Waals surface area (Å²) in [5.74, 6) is 0.941. The third-order valence-electron chi connectivity index (χ3n) is 6.32. The zero-order chi connectivity index (χ0) is 22.9. The molecule has 0 fully saturated rings. The van der Waals surface area contributed by atoms with E-state index in [9.17, 15) is 0 Å². The molecule has 3 rings (SSSR count). The van der Waals surface area contributed by atoms with Gasteiger partial charge in [-0.15, -0.1) is 0 Å². The van der Waals surface area contributed by atoms with E-state index in [1.54, 1.807) is 0 Å². The summed E-state index contributed by atoms with van der Waals surface area (Å²) in [6.45, 7) is 19.8. The standard InChI is InChI=1S/C26H38N2O2Si/c1-9-29-18-24-27-17-23(22-16-12-14-20-13-10-11-15-21(20)22)28(24)19-26(5,6)30-31(7,8)25(2,3)4/h10-17H,9,18-19H2,1-8H3. The van der Waals surface area contributed by atoms with Gasteiger partial charge in [0.25, 0.3) is 0 Å². The molecule has 0 unspecified atom stereocenters. The normalized spacial score (nSPS) is 13.2. The number of aromatic nitrogens is 2. The Morgan fingerprint density at radius 3 is 2.32 bits per heavy atom. The van der Waals surface area contributed by atoms with E-state index >= 15 is 0 Å². The molecule has 0 aliphatic heterocycles. The summed E-state index contributed by atoms with van der Waals surface area (Å²) >= 11 is 0. The maximum absolute atomic E-state index is 6.85. The third-order valence-corrected chi connectivity index (χ3v) is 11.0. The van der Waals surface area contributed by atoms with Gasteiger partial charge in [0, 0.05) is 12.2 Å². The summed E-state index contributed by atoms with van der Waals surface area (Å²) < 4.78 is 14.9. The van der Waals surface area contributed by atoms with E-state index < -0.39 is 8.32 Å². The smallest absolute Gasteiger partial charge is 0.192 e. The van der Waals surface area contributed by atoms with Crippen molar-refractivity contribution in [2.45, 2.75) is 78.4 Å². The minimum atomic E-state index is -1.92. The molecule has 2 aromatic carbocycles. The number of hydrogen-bond donors (Lipinski definition) is 0. The maximum atomic E-state index is 6.85. The van der Waals surface area contributed by atoms with E-state index in [1.807, 2.05) is 13.1 Å². The van der Waals surface area contributed by atoms with Gasteiger partial charge in [-0.25, -0.2) is 4.98 Å². The molecular formula is C26H38N2O2Si. The molecule has 31 heavy (non-hydrogen) atoms. The first-order valence-electron chi connectivity index (χ1n) is 11.3. The molecule has 5 heteroatoms. The predicted octanol–water partition coefficient (Wildman–Crippen LogP) is 7.04. The molecule has 1 aromatic heterocycles. The molecule has 0 aliphatic carbocycles. The summed E-state index contributed by atoms with van der Waals surface area (Å²) in [6.07, 6.45) is 1.98. The van der Waals surface area contributed by atoms with Crippen LogP contribution in [-0.4, -0.2) is 30.1 Å². The molecule has 1 heterocycles. The number of benzene rings is 2. The van der Waals surface area contributed by atoms with Crippen molar-refractivity contribution in [2.75, 3.05) is 6.61 Å². The summed E-state index contributed by atoms with van der Waals surface area (Å²) in [4.78, 5) is 4.76. The minimum absolute atomic E-state index is 0.159. The number of fused-ring (bicyclic) bond motifs is 1. The molecule has 0 spiro atoms. The van der Waals surface area contributed by atoms with Crippen molar-refractivity contribution in [3.8, 4) is 11.3 Å². The van der Waals surface area contributed by atoms with Crippen molar-refractivity contribution in [1.82, 2.24) is 9.55 Å². The molecule has 168 valence electrons. The SMILES string of the molecule is CCOCc1ncc(-c2cccc3ccccc23)n1CC(C)(C)O[Si](C)(C)C(C)(C)C. The van der Waals surface area contributed by atoms with Gasteiger partial charge in [-0.05, 0) is 49.7 Å². The van der Waals surface area contributed by atoms with E-state index in [-0.39, 0.29) is 10.6 Å². The van der Waals surface area contributed by atoms with E-state index in [1.165, 1.54) is 16.3 Å². The molecular weight excluding hydrogens is 400 g/mol. The van der Waals surface area contributed by atoms with Crippen molar-refractivity contribution >= 4 is 19.1 Å². The fourth-order valence-corrected chi connectivity index (χ4v) is 5.57. The van der Waals surface area contributed by atoms with Crippen molar-refractivity contribution in [3.05, 3.63) is 54.5 Å². The number of nitrogens with zero attached hydrogens (tertiary/aromatic N) is 2. The Morgan fingerprint density at radius 2 is 1.65 bits per heavy atom. The Bertz CT molecular complexity index is 1030. The van der Waals surface area contributed by atoms with Crippen LogP contribution in [0, 0.1) is 0 Å². The molecule has 0 radical (unpaired) electrons. The van der Waals surface area contributed by atoms with Gasteiger partial charge >= 0.3 is 0 Å². The second-order valence-corrected chi connectivity index (χ2v) is 15.2. The summed E-state index contributed by atoms with van der Waals surface area (Å²) in [5.41, 5.74) is 1.97. The quantitative estimate of drug-likeness (QED) is 0.354. The van der Waals surface area contributed by atoms with Crippen LogP contribution in [0.1, 0.15) is 47.4 Å².